The Labute approximate surface area is 114 Å². The number of piperidine rings is 1. The molecule has 19 heavy (non-hydrogen) atoms. The number of aliphatic carboxylic acids is 1. The molecule has 1 amide bonds. The molecule has 0 aromatic rings. The fraction of sp³-hybridized carbons (Fsp3) is 0.846. The Bertz CT molecular complexity index is 295. The van der Waals surface area contributed by atoms with E-state index in [-0.39, 0.29) is 12.3 Å². The summed E-state index contributed by atoms with van der Waals surface area (Å²) in [7, 11) is 1.95. The van der Waals surface area contributed by atoms with Crippen molar-refractivity contribution in [3.05, 3.63) is 0 Å². The predicted octanol–water partition coefficient (Wildman–Crippen LogP) is -0.101. The smallest absolute Gasteiger partial charge is 0.303 e. The van der Waals surface area contributed by atoms with E-state index in [1.54, 1.807) is 0 Å². The van der Waals surface area contributed by atoms with Crippen molar-refractivity contribution < 1.29 is 14.7 Å². The highest BCUT2D eigenvalue weighted by Crippen LogP contribution is 2.15. The molecule has 6 heteroatoms. The molecule has 1 aliphatic heterocycles. The summed E-state index contributed by atoms with van der Waals surface area (Å²) in [5.74, 6) is -0.200. The molecule has 0 saturated carbocycles. The van der Waals surface area contributed by atoms with Gasteiger partial charge in [-0.1, -0.05) is 0 Å². The number of nitrogens with one attached hydrogen (secondary N) is 2. The molecule has 1 unspecified atom stereocenters. The summed E-state index contributed by atoms with van der Waals surface area (Å²) < 4.78 is 0. The predicted molar refractivity (Wildman–Crippen MR) is 73.0 cm³/mol. The van der Waals surface area contributed by atoms with Crippen molar-refractivity contribution in [1.82, 2.24) is 15.5 Å². The van der Waals surface area contributed by atoms with Crippen LogP contribution in [0.1, 0.15) is 25.7 Å². The van der Waals surface area contributed by atoms with Crippen molar-refractivity contribution in [1.29, 1.82) is 0 Å². The van der Waals surface area contributed by atoms with E-state index in [1.165, 1.54) is 6.42 Å². The molecule has 1 atom stereocenters. The zero-order valence-electron chi connectivity index (χ0n) is 11.7. The SMILES string of the molecule is CNCC1CCCN(CC(=O)NCCCC(=O)O)C1. The third kappa shape index (κ3) is 7.12. The Kier molecular flexibility index (Phi) is 7.43. The maximum atomic E-state index is 11.7. The summed E-state index contributed by atoms with van der Waals surface area (Å²) in [6, 6.07) is 0. The number of carboxylic acid groups (broad SMARTS) is 1. The van der Waals surface area contributed by atoms with Crippen LogP contribution in [-0.4, -0.2) is 61.7 Å². The van der Waals surface area contributed by atoms with Crippen molar-refractivity contribution >= 4 is 11.9 Å². The molecule has 1 aliphatic rings. The third-order valence-electron chi connectivity index (χ3n) is 3.35. The quantitative estimate of drug-likeness (QED) is 0.537. The van der Waals surface area contributed by atoms with E-state index in [9.17, 15) is 9.59 Å². The summed E-state index contributed by atoms with van der Waals surface area (Å²) in [6.07, 6.45) is 2.95. The molecule has 0 bridgehead atoms. The lowest BCUT2D eigenvalue weighted by molar-refractivity contribution is -0.137. The molecular weight excluding hydrogens is 246 g/mol. The van der Waals surface area contributed by atoms with Crippen LogP contribution in [0.4, 0.5) is 0 Å². The van der Waals surface area contributed by atoms with Crippen LogP contribution < -0.4 is 10.6 Å². The van der Waals surface area contributed by atoms with Gasteiger partial charge in [0.05, 0.1) is 6.54 Å². The van der Waals surface area contributed by atoms with Gasteiger partial charge >= 0.3 is 5.97 Å². The number of rotatable bonds is 8. The lowest BCUT2D eigenvalue weighted by atomic mass is 9.98. The average molecular weight is 271 g/mol. The molecule has 0 aromatic carbocycles. The van der Waals surface area contributed by atoms with E-state index in [0.717, 1.165) is 26.1 Å². The Hall–Kier alpha value is -1.14. The van der Waals surface area contributed by atoms with Crippen LogP contribution in [0.5, 0.6) is 0 Å². The number of carboxylic acids is 1. The van der Waals surface area contributed by atoms with Gasteiger partial charge in [0, 0.05) is 19.5 Å². The molecule has 0 aromatic heterocycles. The van der Waals surface area contributed by atoms with Crippen LogP contribution in [0.25, 0.3) is 0 Å². The molecule has 3 N–H and O–H groups in total. The second-order valence-corrected chi connectivity index (χ2v) is 5.15. The highest BCUT2D eigenvalue weighted by atomic mass is 16.4. The van der Waals surface area contributed by atoms with Crippen molar-refractivity contribution in [2.75, 3.05) is 39.8 Å². The number of carbonyl (C=O) groups is 2. The Morgan fingerprint density at radius 3 is 2.89 bits per heavy atom. The summed E-state index contributed by atoms with van der Waals surface area (Å²) in [5.41, 5.74) is 0. The van der Waals surface area contributed by atoms with Crippen LogP contribution in [0.15, 0.2) is 0 Å². The molecule has 110 valence electrons. The molecule has 1 rings (SSSR count). The van der Waals surface area contributed by atoms with Crippen LogP contribution in [-0.2, 0) is 9.59 Å². The number of likely N-dealkylation sites (tertiary alicyclic amines) is 1. The van der Waals surface area contributed by atoms with E-state index >= 15 is 0 Å². The summed E-state index contributed by atoms with van der Waals surface area (Å²) >= 11 is 0. The van der Waals surface area contributed by atoms with Crippen molar-refractivity contribution in [2.24, 2.45) is 5.92 Å². The average Bonchev–Trinajstić information content (AvgIpc) is 2.35. The molecule has 0 aliphatic carbocycles. The highest BCUT2D eigenvalue weighted by molar-refractivity contribution is 5.78. The van der Waals surface area contributed by atoms with Gasteiger partial charge in [0.15, 0.2) is 0 Å². The first-order chi connectivity index (χ1) is 9.11. The third-order valence-corrected chi connectivity index (χ3v) is 3.35. The van der Waals surface area contributed by atoms with Gasteiger partial charge in [-0.15, -0.1) is 0 Å². The second kappa shape index (κ2) is 8.87. The van der Waals surface area contributed by atoms with E-state index in [0.29, 0.717) is 25.4 Å². The zero-order valence-corrected chi connectivity index (χ0v) is 11.7. The minimum Gasteiger partial charge on any atom is -0.481 e. The number of hydrogen-bond acceptors (Lipinski definition) is 4. The Morgan fingerprint density at radius 1 is 1.42 bits per heavy atom. The lowest BCUT2D eigenvalue weighted by Gasteiger charge is -2.32. The maximum absolute atomic E-state index is 11.7. The lowest BCUT2D eigenvalue weighted by Crippen LogP contribution is -2.44. The Morgan fingerprint density at radius 2 is 2.21 bits per heavy atom. The largest absolute Gasteiger partial charge is 0.481 e. The number of nitrogens with zero attached hydrogens (tertiary/aromatic N) is 1. The first-order valence-corrected chi connectivity index (χ1v) is 6.97. The first kappa shape index (κ1) is 15.9. The molecule has 6 nitrogen and oxygen atoms in total. The van der Waals surface area contributed by atoms with Gasteiger partial charge in [-0.05, 0) is 45.3 Å². The van der Waals surface area contributed by atoms with Gasteiger partial charge < -0.3 is 15.7 Å². The monoisotopic (exact) mass is 271 g/mol. The topological polar surface area (TPSA) is 81.7 Å². The van der Waals surface area contributed by atoms with Gasteiger partial charge in [-0.3, -0.25) is 14.5 Å². The van der Waals surface area contributed by atoms with Gasteiger partial charge in [-0.2, -0.15) is 0 Å². The van der Waals surface area contributed by atoms with E-state index in [2.05, 4.69) is 15.5 Å². The number of carbonyl (C=O) groups excluding carboxylic acids is 1. The van der Waals surface area contributed by atoms with E-state index in [1.807, 2.05) is 7.05 Å². The molecule has 1 fully saturated rings. The standard InChI is InChI=1S/C13H25N3O3/c1-14-8-11-4-3-7-16(9-11)10-12(17)15-6-2-5-13(18)19/h11,14H,2-10H2,1H3,(H,15,17)(H,18,19). The van der Waals surface area contributed by atoms with Gasteiger partial charge in [0.25, 0.3) is 0 Å². The van der Waals surface area contributed by atoms with E-state index in [4.69, 9.17) is 5.11 Å². The second-order valence-electron chi connectivity index (χ2n) is 5.15. The molecular formula is C13H25N3O3. The molecule has 0 spiro atoms. The highest BCUT2D eigenvalue weighted by Gasteiger charge is 2.20. The van der Waals surface area contributed by atoms with Crippen LogP contribution in [0.3, 0.4) is 0 Å². The molecule has 0 radical (unpaired) electrons. The van der Waals surface area contributed by atoms with Crippen molar-refractivity contribution in [2.45, 2.75) is 25.7 Å². The first-order valence-electron chi connectivity index (χ1n) is 6.97. The number of amides is 1. The van der Waals surface area contributed by atoms with Crippen molar-refractivity contribution in [3.8, 4) is 0 Å². The zero-order chi connectivity index (χ0) is 14.1. The number of hydrogen-bond donors (Lipinski definition) is 3. The van der Waals surface area contributed by atoms with Crippen LogP contribution in [0.2, 0.25) is 0 Å². The van der Waals surface area contributed by atoms with Gasteiger partial charge in [-0.25, -0.2) is 0 Å². The van der Waals surface area contributed by atoms with E-state index < -0.39 is 5.97 Å². The molecule has 1 saturated heterocycles. The van der Waals surface area contributed by atoms with Crippen molar-refractivity contribution in [3.63, 3.8) is 0 Å². The summed E-state index contributed by atoms with van der Waals surface area (Å²) in [4.78, 5) is 24.2. The molecule has 1 heterocycles. The van der Waals surface area contributed by atoms with Gasteiger partial charge in [0.2, 0.25) is 5.91 Å². The summed E-state index contributed by atoms with van der Waals surface area (Å²) in [5, 5.41) is 14.4. The Balaban J connectivity index is 2.15. The fourth-order valence-electron chi connectivity index (χ4n) is 2.48. The van der Waals surface area contributed by atoms with Crippen LogP contribution >= 0.6 is 0 Å². The minimum atomic E-state index is -0.819. The summed E-state index contributed by atoms with van der Waals surface area (Å²) in [6.45, 7) is 3.80. The fourth-order valence-corrected chi connectivity index (χ4v) is 2.48. The maximum Gasteiger partial charge on any atom is 0.303 e. The minimum absolute atomic E-state index is 0.00417. The van der Waals surface area contributed by atoms with Crippen LogP contribution in [0, 0.1) is 5.92 Å². The van der Waals surface area contributed by atoms with Gasteiger partial charge in [0.1, 0.15) is 0 Å². The normalized spacial score (nSPS) is 20.2.